The molecule has 1 saturated heterocycles. The lowest BCUT2D eigenvalue weighted by Gasteiger charge is -2.34. The van der Waals surface area contributed by atoms with Crippen LogP contribution < -0.4 is 20.4 Å². The molecule has 0 spiro atoms. The third-order valence-electron chi connectivity index (χ3n) is 3.24. The van der Waals surface area contributed by atoms with Crippen molar-refractivity contribution in [3.63, 3.8) is 0 Å². The maximum absolute atomic E-state index is 10.6. The number of aliphatic hydroxyl groups excluding tert-OH is 2. The van der Waals surface area contributed by atoms with Gasteiger partial charge in [-0.3, -0.25) is 4.57 Å². The molecular weight excluding hydrogens is 329 g/mol. The first kappa shape index (κ1) is 16.0. The van der Waals surface area contributed by atoms with Crippen molar-refractivity contribution in [3.8, 4) is 11.6 Å². The number of rotatable bonds is 1. The molecule has 12 heteroatoms. The third kappa shape index (κ3) is 2.97. The number of nitrogen functional groups attached to an aromatic ring is 1. The van der Waals surface area contributed by atoms with Crippen LogP contribution in [0.2, 0.25) is 0 Å². The highest BCUT2D eigenvalue weighted by molar-refractivity contribution is 7.59. The molecule has 2 aromatic heterocycles. The van der Waals surface area contributed by atoms with Crippen LogP contribution >= 0.6 is 7.94 Å². The summed E-state index contributed by atoms with van der Waals surface area (Å²) in [5, 5.41) is 20.0. The highest BCUT2D eigenvalue weighted by Gasteiger charge is 2.44. The summed E-state index contributed by atoms with van der Waals surface area (Å²) in [4.78, 5) is 43.4. The van der Waals surface area contributed by atoms with Gasteiger partial charge in [-0.1, -0.05) is 7.94 Å². The van der Waals surface area contributed by atoms with Crippen LogP contribution in [0.15, 0.2) is 12.7 Å². The second kappa shape index (κ2) is 5.63. The van der Waals surface area contributed by atoms with E-state index < -0.39 is 32.5 Å². The molecule has 11 nitrogen and oxygen atoms in total. The van der Waals surface area contributed by atoms with Gasteiger partial charge in [0.05, 0.1) is 12.0 Å². The van der Waals surface area contributed by atoms with Gasteiger partial charge in [0, 0.05) is 0 Å². The molecule has 1 aliphatic heterocycles. The Labute approximate surface area is 129 Å². The van der Waals surface area contributed by atoms with Crippen LogP contribution in [-0.2, 0) is 4.74 Å². The highest BCUT2D eigenvalue weighted by Crippen LogP contribution is 2.32. The summed E-state index contributed by atoms with van der Waals surface area (Å²) in [5.41, 5.74) is 7.63. The predicted octanol–water partition coefficient (Wildman–Crippen LogP) is -4.17. The maximum atomic E-state index is 10.6. The number of ether oxygens (including phenoxy) is 1. The van der Waals surface area contributed by atoms with Gasteiger partial charge in [-0.05, 0) is 5.92 Å². The van der Waals surface area contributed by atoms with Gasteiger partial charge < -0.3 is 35.4 Å². The smallest absolute Gasteiger partial charge is 0.167 e. The van der Waals surface area contributed by atoms with Crippen LogP contribution in [-0.4, -0.2) is 48.0 Å². The van der Waals surface area contributed by atoms with E-state index in [1.165, 1.54) is 22.9 Å². The lowest BCUT2D eigenvalue weighted by molar-refractivity contribution is -0.420. The highest BCUT2D eigenvalue weighted by atomic mass is 31.2. The molecular formula is C11H10N5O6P-2. The number of aromatic nitrogens is 4. The van der Waals surface area contributed by atoms with Crippen molar-refractivity contribution in [1.82, 2.24) is 19.5 Å². The summed E-state index contributed by atoms with van der Waals surface area (Å²) in [6.07, 6.45) is -2.99. The van der Waals surface area contributed by atoms with Gasteiger partial charge in [0.1, 0.15) is 24.1 Å². The summed E-state index contributed by atoms with van der Waals surface area (Å²) < 4.78 is 6.63. The Morgan fingerprint density at radius 1 is 1.22 bits per heavy atom. The van der Waals surface area contributed by atoms with E-state index in [1.807, 2.05) is 5.92 Å². The molecule has 0 unspecified atom stereocenters. The van der Waals surface area contributed by atoms with Crippen molar-refractivity contribution >= 4 is 24.9 Å². The minimum absolute atomic E-state index is 0.122. The molecule has 3 heterocycles. The molecule has 0 saturated carbocycles. The number of anilines is 1. The molecule has 4 N–H and O–H groups in total. The predicted molar refractivity (Wildman–Crippen MR) is 70.4 cm³/mol. The average molecular weight is 339 g/mol. The maximum Gasteiger partial charge on any atom is 0.167 e. The van der Waals surface area contributed by atoms with E-state index >= 15 is 0 Å². The van der Waals surface area contributed by atoms with Crippen molar-refractivity contribution in [3.05, 3.63) is 12.7 Å². The Morgan fingerprint density at radius 2 is 1.96 bits per heavy atom. The monoisotopic (exact) mass is 339 g/mol. The Bertz CT molecular complexity index is 796. The van der Waals surface area contributed by atoms with Crippen LogP contribution in [0.4, 0.5) is 5.82 Å². The normalized spacial score (nSPS) is 27.9. The Balaban J connectivity index is 1.94. The SMILES string of the molecule is Nc1ncnc2c1ncn2[C@@H]1O[C@H](C#C[P+]([O-])([O-])[O-])[C@@H](O)[C@H]1O. The number of imidazole rings is 1. The topological polar surface area (TPSA) is 188 Å². The van der Waals surface area contributed by atoms with Crippen molar-refractivity contribution in [2.75, 3.05) is 5.73 Å². The van der Waals surface area contributed by atoms with Crippen molar-refractivity contribution in [1.29, 1.82) is 0 Å². The zero-order valence-corrected chi connectivity index (χ0v) is 12.2. The van der Waals surface area contributed by atoms with E-state index in [4.69, 9.17) is 10.5 Å². The summed E-state index contributed by atoms with van der Waals surface area (Å²) >= 11 is 0. The van der Waals surface area contributed by atoms with Gasteiger partial charge in [0.2, 0.25) is 0 Å². The van der Waals surface area contributed by atoms with Crippen LogP contribution in [0.1, 0.15) is 6.23 Å². The number of hydrogen-bond donors (Lipinski definition) is 3. The molecule has 0 radical (unpaired) electrons. The molecule has 0 amide bonds. The second-order valence-corrected chi connectivity index (χ2v) is 5.98. The van der Waals surface area contributed by atoms with Crippen LogP contribution in [0, 0.1) is 11.6 Å². The number of hydrogen-bond acceptors (Lipinski definition) is 10. The van der Waals surface area contributed by atoms with Crippen molar-refractivity contribution in [2.45, 2.75) is 24.5 Å². The fourth-order valence-corrected chi connectivity index (χ4v) is 2.49. The number of aliphatic hydroxyl groups is 2. The number of nitrogens with zero attached hydrogens (tertiary/aromatic N) is 4. The minimum atomic E-state index is -5.08. The molecule has 1 aliphatic rings. The first-order valence-corrected chi connectivity index (χ1v) is 7.81. The van der Waals surface area contributed by atoms with E-state index in [1.54, 1.807) is 0 Å². The van der Waals surface area contributed by atoms with Crippen molar-refractivity contribution < 1.29 is 29.6 Å². The van der Waals surface area contributed by atoms with E-state index in [0.717, 1.165) is 0 Å². The number of fused-ring (bicyclic) bond motifs is 1. The zero-order chi connectivity index (χ0) is 16.8. The molecule has 122 valence electrons. The average Bonchev–Trinajstić information content (AvgIpc) is 3.01. The lowest BCUT2D eigenvalue weighted by Crippen LogP contribution is -2.32. The lowest BCUT2D eigenvalue weighted by atomic mass is 10.1. The molecule has 23 heavy (non-hydrogen) atoms. The van der Waals surface area contributed by atoms with Crippen LogP contribution in [0.3, 0.4) is 0 Å². The van der Waals surface area contributed by atoms with Gasteiger partial charge in [0.15, 0.2) is 23.8 Å². The largest absolute Gasteiger partial charge is 0.677 e. The summed E-state index contributed by atoms with van der Waals surface area (Å²) in [6, 6.07) is 0. The van der Waals surface area contributed by atoms with Gasteiger partial charge in [-0.2, -0.15) is 0 Å². The van der Waals surface area contributed by atoms with Crippen molar-refractivity contribution in [2.24, 2.45) is 0 Å². The molecule has 4 atom stereocenters. The molecule has 2 aromatic rings. The minimum Gasteiger partial charge on any atom is -0.677 e. The Hall–Kier alpha value is -1.90. The fraction of sp³-hybridized carbons (Fsp3) is 0.364. The molecule has 0 aromatic carbocycles. The van der Waals surface area contributed by atoms with Crippen LogP contribution in [0.25, 0.3) is 11.2 Å². The molecule has 0 bridgehead atoms. The van der Waals surface area contributed by atoms with E-state index in [-0.39, 0.29) is 17.0 Å². The summed E-state index contributed by atoms with van der Waals surface area (Å²) in [7, 11) is -5.08. The third-order valence-corrected chi connectivity index (χ3v) is 3.65. The zero-order valence-electron chi connectivity index (χ0n) is 11.3. The first-order chi connectivity index (χ1) is 10.8. The van der Waals surface area contributed by atoms with E-state index in [2.05, 4.69) is 15.0 Å². The standard InChI is InChI=1S/C11H12N5O6P/c12-9-6-10(14-3-13-9)16(4-15-6)11-8(18)7(17)5(22-11)1-2-23(19,20)21/h3-5,7-8,11,17-18H,(H2,12,13,14)(H2,19,20,21)/p-2/t5-,7-,8-,11-/m1/s1. The van der Waals surface area contributed by atoms with Gasteiger partial charge in [0.25, 0.3) is 0 Å². The molecule has 1 fully saturated rings. The van der Waals surface area contributed by atoms with E-state index in [0.29, 0.717) is 0 Å². The quantitative estimate of drug-likeness (QED) is 0.339. The Kier molecular flexibility index (Phi) is 3.91. The second-order valence-electron chi connectivity index (χ2n) is 4.77. The van der Waals surface area contributed by atoms with Crippen LogP contribution in [0.5, 0.6) is 0 Å². The van der Waals surface area contributed by atoms with Gasteiger partial charge in [-0.15, -0.1) is 0 Å². The fourth-order valence-electron chi connectivity index (χ4n) is 2.21. The van der Waals surface area contributed by atoms with E-state index in [9.17, 15) is 24.9 Å². The molecule has 3 rings (SSSR count). The summed E-state index contributed by atoms with van der Waals surface area (Å²) in [5.74, 6) is 2.11. The molecule has 0 aliphatic carbocycles. The Morgan fingerprint density at radius 3 is 2.65 bits per heavy atom. The summed E-state index contributed by atoms with van der Waals surface area (Å²) in [6.45, 7) is 0. The van der Waals surface area contributed by atoms with Gasteiger partial charge in [-0.25, -0.2) is 15.0 Å². The first-order valence-electron chi connectivity index (χ1n) is 6.27. The van der Waals surface area contributed by atoms with Gasteiger partial charge >= 0.3 is 0 Å². The number of nitrogens with two attached hydrogens (primary N) is 1.